The average molecular weight is 254 g/mol. The Kier molecular flexibility index (Phi) is 2.78. The fraction of sp³-hybridized carbons (Fsp3) is 0. The molecule has 0 spiro atoms. The van der Waals surface area contributed by atoms with Gasteiger partial charge in [-0.15, -0.1) is 11.3 Å². The van der Waals surface area contributed by atoms with E-state index in [0.29, 0.717) is 11.3 Å². The second-order valence-electron chi connectivity index (χ2n) is 3.80. The predicted molar refractivity (Wildman–Crippen MR) is 71.8 cm³/mol. The zero-order chi connectivity index (χ0) is 12.4. The van der Waals surface area contributed by atoms with Crippen LogP contribution in [0.3, 0.4) is 0 Å². The van der Waals surface area contributed by atoms with Crippen LogP contribution in [-0.4, -0.2) is 15.8 Å². The van der Waals surface area contributed by atoms with E-state index in [1.807, 2.05) is 35.7 Å². The molecule has 0 aliphatic rings. The van der Waals surface area contributed by atoms with Crippen LogP contribution in [0.4, 0.5) is 0 Å². The molecule has 0 aliphatic heterocycles. The number of carbonyl (C=O) groups is 1. The van der Waals surface area contributed by atoms with Crippen molar-refractivity contribution in [2.45, 2.75) is 0 Å². The molecule has 2 heterocycles. The van der Waals surface area contributed by atoms with Crippen LogP contribution in [0.1, 0.15) is 16.1 Å². The van der Waals surface area contributed by atoms with Gasteiger partial charge in [0.15, 0.2) is 0 Å². The van der Waals surface area contributed by atoms with Gasteiger partial charge in [-0.3, -0.25) is 4.79 Å². The first-order valence-corrected chi connectivity index (χ1v) is 6.41. The van der Waals surface area contributed by atoms with Crippen LogP contribution >= 0.6 is 11.3 Å². The van der Waals surface area contributed by atoms with Gasteiger partial charge in [0.1, 0.15) is 5.01 Å². The molecule has 0 unspecified atom stereocenters. The van der Waals surface area contributed by atoms with Gasteiger partial charge in [0.05, 0.1) is 5.69 Å². The Balaban J connectivity index is 2.10. The third-order valence-electron chi connectivity index (χ3n) is 2.68. The molecule has 0 atom stereocenters. The van der Waals surface area contributed by atoms with Crippen LogP contribution < -0.4 is 0 Å². The number of H-pyrrole nitrogens is 1. The highest BCUT2D eigenvalue weighted by molar-refractivity contribution is 7.13. The molecule has 88 valence electrons. The van der Waals surface area contributed by atoms with Crippen molar-refractivity contribution in [1.29, 1.82) is 0 Å². The first kappa shape index (κ1) is 10.9. The van der Waals surface area contributed by atoms with Crippen molar-refractivity contribution in [2.24, 2.45) is 0 Å². The highest BCUT2D eigenvalue weighted by Gasteiger charge is 2.15. The maximum absolute atomic E-state index is 12.4. The van der Waals surface area contributed by atoms with Gasteiger partial charge in [-0.2, -0.15) is 0 Å². The number of benzene rings is 1. The van der Waals surface area contributed by atoms with Crippen molar-refractivity contribution in [3.05, 3.63) is 65.4 Å². The molecule has 0 bridgehead atoms. The number of carbonyl (C=O) groups excluding carboxylic acids is 1. The minimum Gasteiger partial charge on any atom is -0.359 e. The van der Waals surface area contributed by atoms with Gasteiger partial charge in [-0.25, -0.2) is 4.98 Å². The van der Waals surface area contributed by atoms with E-state index in [1.54, 1.807) is 18.5 Å². The Bertz CT molecular complexity index is 657. The lowest BCUT2D eigenvalue weighted by Crippen LogP contribution is -2.03. The number of aromatic amines is 1. The van der Waals surface area contributed by atoms with E-state index in [9.17, 15) is 4.79 Å². The number of rotatable bonds is 3. The Hall–Kier alpha value is -2.20. The lowest BCUT2D eigenvalue weighted by atomic mass is 10.0. The number of thiazole rings is 1. The summed E-state index contributed by atoms with van der Waals surface area (Å²) < 4.78 is 0. The molecule has 3 aromatic rings. The molecule has 4 heteroatoms. The molecule has 0 saturated carbocycles. The molecule has 18 heavy (non-hydrogen) atoms. The van der Waals surface area contributed by atoms with Gasteiger partial charge >= 0.3 is 0 Å². The molecular weight excluding hydrogens is 244 g/mol. The molecule has 3 nitrogen and oxygen atoms in total. The summed E-state index contributed by atoms with van der Waals surface area (Å²) in [6, 6.07) is 11.1. The van der Waals surface area contributed by atoms with Crippen molar-refractivity contribution in [3.63, 3.8) is 0 Å². The van der Waals surface area contributed by atoms with Crippen LogP contribution in [0.25, 0.3) is 10.6 Å². The van der Waals surface area contributed by atoms with E-state index < -0.39 is 0 Å². The molecule has 0 saturated heterocycles. The number of nitrogens with one attached hydrogen (secondary N) is 1. The van der Waals surface area contributed by atoms with Crippen molar-refractivity contribution in [1.82, 2.24) is 9.97 Å². The Morgan fingerprint density at radius 1 is 1.17 bits per heavy atom. The number of hydrogen-bond acceptors (Lipinski definition) is 3. The predicted octanol–water partition coefficient (Wildman–Crippen LogP) is 3.37. The van der Waals surface area contributed by atoms with Crippen molar-refractivity contribution in [3.8, 4) is 10.6 Å². The molecule has 0 amide bonds. The fourth-order valence-electron chi connectivity index (χ4n) is 1.84. The Morgan fingerprint density at radius 2 is 2.06 bits per heavy atom. The van der Waals surface area contributed by atoms with E-state index in [-0.39, 0.29) is 5.78 Å². The summed E-state index contributed by atoms with van der Waals surface area (Å²) in [6.07, 6.45) is 3.50. The summed E-state index contributed by atoms with van der Waals surface area (Å²) in [4.78, 5) is 19.6. The zero-order valence-electron chi connectivity index (χ0n) is 9.46. The van der Waals surface area contributed by atoms with E-state index in [2.05, 4.69) is 9.97 Å². The molecule has 1 N–H and O–H groups in total. The van der Waals surface area contributed by atoms with Crippen LogP contribution in [0.15, 0.2) is 54.2 Å². The molecular formula is C14H10N2OS. The molecule has 0 aliphatic carbocycles. The lowest BCUT2D eigenvalue weighted by Gasteiger charge is -2.04. The smallest absolute Gasteiger partial charge is 0.209 e. The zero-order valence-corrected chi connectivity index (χ0v) is 10.3. The largest absolute Gasteiger partial charge is 0.359 e. The maximum atomic E-state index is 12.4. The van der Waals surface area contributed by atoms with Gasteiger partial charge in [0.2, 0.25) is 5.78 Å². The number of hydrogen-bond donors (Lipinski definition) is 1. The Morgan fingerprint density at radius 3 is 2.78 bits per heavy atom. The van der Waals surface area contributed by atoms with Crippen LogP contribution in [0, 0.1) is 0 Å². The van der Waals surface area contributed by atoms with Crippen LogP contribution in [-0.2, 0) is 0 Å². The second-order valence-corrected chi connectivity index (χ2v) is 4.69. The van der Waals surface area contributed by atoms with Crippen LogP contribution in [0.2, 0.25) is 0 Å². The van der Waals surface area contributed by atoms with Crippen molar-refractivity contribution >= 4 is 17.1 Å². The maximum Gasteiger partial charge on any atom is 0.209 e. The topological polar surface area (TPSA) is 45.8 Å². The molecule has 2 aromatic heterocycles. The average Bonchev–Trinajstić information content (AvgIpc) is 3.11. The third kappa shape index (κ3) is 1.87. The normalized spacial score (nSPS) is 10.4. The van der Waals surface area contributed by atoms with Crippen LogP contribution in [0.5, 0.6) is 0 Å². The minimum absolute atomic E-state index is 0.00852. The second kappa shape index (κ2) is 4.58. The summed E-state index contributed by atoms with van der Waals surface area (Å²) in [6.45, 7) is 0. The monoisotopic (exact) mass is 254 g/mol. The number of ketones is 1. The summed E-state index contributed by atoms with van der Waals surface area (Å²) in [5.74, 6) is -0.00852. The number of nitrogens with zero attached hydrogens (tertiary/aromatic N) is 1. The van der Waals surface area contributed by atoms with E-state index in [0.717, 1.165) is 10.6 Å². The highest BCUT2D eigenvalue weighted by atomic mass is 32.1. The van der Waals surface area contributed by atoms with Gasteiger partial charge in [-0.05, 0) is 12.1 Å². The van der Waals surface area contributed by atoms with Gasteiger partial charge in [0, 0.05) is 28.9 Å². The molecule has 0 fully saturated rings. The first-order valence-electron chi connectivity index (χ1n) is 5.53. The molecule has 3 rings (SSSR count). The lowest BCUT2D eigenvalue weighted by molar-refractivity contribution is 0.103. The van der Waals surface area contributed by atoms with Crippen molar-refractivity contribution in [2.75, 3.05) is 0 Å². The number of aromatic nitrogens is 2. The summed E-state index contributed by atoms with van der Waals surface area (Å²) >= 11 is 1.53. The van der Waals surface area contributed by atoms with E-state index in [1.165, 1.54) is 11.3 Å². The quantitative estimate of drug-likeness (QED) is 0.728. The first-order chi connectivity index (χ1) is 8.86. The van der Waals surface area contributed by atoms with Gasteiger partial charge in [-0.1, -0.05) is 24.3 Å². The molecule has 1 aromatic carbocycles. The van der Waals surface area contributed by atoms with Gasteiger partial charge in [0.25, 0.3) is 0 Å². The summed E-state index contributed by atoms with van der Waals surface area (Å²) in [5, 5.41) is 2.77. The SMILES string of the molecule is O=C(c1ccc[nH]1)c1ccccc1-c1nccs1. The molecule has 0 radical (unpaired) electrons. The fourth-order valence-corrected chi connectivity index (χ4v) is 2.52. The summed E-state index contributed by atoms with van der Waals surface area (Å²) in [5.41, 5.74) is 2.15. The van der Waals surface area contributed by atoms with Crippen molar-refractivity contribution < 1.29 is 4.79 Å². The Labute approximate surface area is 108 Å². The third-order valence-corrected chi connectivity index (χ3v) is 3.48. The highest BCUT2D eigenvalue weighted by Crippen LogP contribution is 2.26. The summed E-state index contributed by atoms with van der Waals surface area (Å²) in [7, 11) is 0. The van der Waals surface area contributed by atoms with E-state index in [4.69, 9.17) is 0 Å². The standard InChI is InChI=1S/C14H10N2OS/c17-13(12-6-3-7-15-12)10-4-1-2-5-11(10)14-16-8-9-18-14/h1-9,15H. The van der Waals surface area contributed by atoms with E-state index >= 15 is 0 Å². The minimum atomic E-state index is -0.00852. The van der Waals surface area contributed by atoms with Gasteiger partial charge < -0.3 is 4.98 Å².